The van der Waals surface area contributed by atoms with Crippen molar-refractivity contribution in [3.05, 3.63) is 11.1 Å². The van der Waals surface area contributed by atoms with E-state index in [-0.39, 0.29) is 10.8 Å². The average molecular weight is 215 g/mol. The molecule has 5 heteroatoms. The number of nitrogens with zero attached hydrogens (tertiary/aromatic N) is 3. The van der Waals surface area contributed by atoms with Crippen LogP contribution in [0.25, 0.3) is 0 Å². The Labute approximate surface area is 89.1 Å². The molecule has 1 rings (SSSR count). The number of rotatable bonds is 2. The number of hydrogen-bond acceptors (Lipinski definition) is 4. The van der Waals surface area contributed by atoms with E-state index in [9.17, 15) is 0 Å². The van der Waals surface area contributed by atoms with Crippen LogP contribution >= 0.6 is 11.6 Å². The Bertz CT molecular complexity index is 319. The van der Waals surface area contributed by atoms with Crippen LogP contribution in [-0.4, -0.2) is 20.5 Å². The Morgan fingerprint density at radius 3 is 2.36 bits per heavy atom. The smallest absolute Gasteiger partial charge is 0.227 e. The van der Waals surface area contributed by atoms with Crippen molar-refractivity contribution in [3.63, 3.8) is 0 Å². The molecular weight excluding hydrogens is 200 g/mol. The fourth-order valence-electron chi connectivity index (χ4n) is 0.941. The van der Waals surface area contributed by atoms with E-state index in [0.29, 0.717) is 11.8 Å². The molecule has 1 N–H and O–H groups in total. The van der Waals surface area contributed by atoms with Gasteiger partial charge in [0.05, 0.1) is 0 Å². The minimum absolute atomic E-state index is 0.0737. The quantitative estimate of drug-likeness (QED) is 0.821. The summed E-state index contributed by atoms with van der Waals surface area (Å²) in [5.74, 6) is 1.24. The van der Waals surface area contributed by atoms with Gasteiger partial charge in [-0.25, -0.2) is 4.98 Å². The van der Waals surface area contributed by atoms with Gasteiger partial charge in [0.25, 0.3) is 0 Å². The van der Waals surface area contributed by atoms with E-state index in [1.807, 2.05) is 27.7 Å². The summed E-state index contributed by atoms with van der Waals surface area (Å²) in [6.07, 6.45) is 0.751. The molecule has 0 aliphatic rings. The number of anilines is 1. The summed E-state index contributed by atoms with van der Waals surface area (Å²) < 4.78 is 0. The first kappa shape index (κ1) is 11.2. The highest BCUT2D eigenvalue weighted by Crippen LogP contribution is 2.12. The van der Waals surface area contributed by atoms with E-state index in [4.69, 9.17) is 11.6 Å². The molecular formula is C9H15ClN4. The van der Waals surface area contributed by atoms with Crippen LogP contribution < -0.4 is 5.32 Å². The fourth-order valence-corrected chi connectivity index (χ4v) is 1.12. The molecule has 0 radical (unpaired) electrons. The molecule has 0 unspecified atom stereocenters. The van der Waals surface area contributed by atoms with Crippen molar-refractivity contribution in [3.8, 4) is 0 Å². The monoisotopic (exact) mass is 214 g/mol. The maximum Gasteiger partial charge on any atom is 0.227 e. The summed E-state index contributed by atoms with van der Waals surface area (Å²) in [6, 6.07) is 0. The molecule has 0 bridgehead atoms. The van der Waals surface area contributed by atoms with Crippen molar-refractivity contribution in [2.24, 2.45) is 0 Å². The Hall–Kier alpha value is -0.900. The van der Waals surface area contributed by atoms with Gasteiger partial charge in [-0.05, 0) is 32.4 Å². The zero-order valence-electron chi connectivity index (χ0n) is 8.93. The Morgan fingerprint density at radius 1 is 1.21 bits per heavy atom. The Kier molecular flexibility index (Phi) is 3.26. The lowest BCUT2D eigenvalue weighted by molar-refractivity contribution is 0.623. The molecule has 0 saturated heterocycles. The highest BCUT2D eigenvalue weighted by atomic mass is 35.5. The van der Waals surface area contributed by atoms with Crippen LogP contribution in [0.5, 0.6) is 0 Å². The predicted molar refractivity (Wildman–Crippen MR) is 57.6 cm³/mol. The molecule has 78 valence electrons. The third kappa shape index (κ3) is 3.46. The minimum Gasteiger partial charge on any atom is -0.349 e. The molecule has 0 amide bonds. The topological polar surface area (TPSA) is 50.7 Å². The summed E-state index contributed by atoms with van der Waals surface area (Å²) in [4.78, 5) is 12.2. The maximum absolute atomic E-state index is 5.76. The summed E-state index contributed by atoms with van der Waals surface area (Å²) in [5, 5.41) is 3.39. The van der Waals surface area contributed by atoms with Gasteiger partial charge in [-0.15, -0.1) is 0 Å². The highest BCUT2D eigenvalue weighted by molar-refractivity contribution is 6.28. The molecule has 1 aromatic heterocycles. The second-order valence-electron chi connectivity index (χ2n) is 4.07. The zero-order chi connectivity index (χ0) is 10.8. The normalized spacial score (nSPS) is 11.5. The van der Waals surface area contributed by atoms with Crippen molar-refractivity contribution in [1.29, 1.82) is 0 Å². The standard InChI is InChI=1S/C9H15ClN4/c1-5-6-11-7(10)13-8(12-6)14-9(2,3)4/h5H2,1-4H3,(H,11,12,13,14). The number of halogens is 1. The first-order valence-electron chi connectivity index (χ1n) is 4.59. The van der Waals surface area contributed by atoms with Gasteiger partial charge >= 0.3 is 0 Å². The van der Waals surface area contributed by atoms with Crippen LogP contribution in [0.1, 0.15) is 33.5 Å². The summed E-state index contributed by atoms with van der Waals surface area (Å²) in [6.45, 7) is 8.09. The van der Waals surface area contributed by atoms with Crippen LogP contribution in [0.3, 0.4) is 0 Å². The largest absolute Gasteiger partial charge is 0.349 e. The first-order chi connectivity index (χ1) is 6.40. The number of aryl methyl sites for hydroxylation is 1. The number of aromatic nitrogens is 3. The minimum atomic E-state index is -0.0737. The average Bonchev–Trinajstić information content (AvgIpc) is 1.99. The first-order valence-corrected chi connectivity index (χ1v) is 4.97. The van der Waals surface area contributed by atoms with Gasteiger partial charge in [0.15, 0.2) is 0 Å². The van der Waals surface area contributed by atoms with Crippen LogP contribution in [-0.2, 0) is 6.42 Å². The molecule has 0 fully saturated rings. The Balaban J connectivity index is 2.92. The molecule has 0 aliphatic heterocycles. The summed E-state index contributed by atoms with van der Waals surface area (Å²) in [7, 11) is 0. The fraction of sp³-hybridized carbons (Fsp3) is 0.667. The molecule has 0 aliphatic carbocycles. The lowest BCUT2D eigenvalue weighted by atomic mass is 10.1. The van der Waals surface area contributed by atoms with Crippen molar-refractivity contribution < 1.29 is 0 Å². The number of nitrogens with one attached hydrogen (secondary N) is 1. The molecule has 0 saturated carbocycles. The third-order valence-electron chi connectivity index (χ3n) is 1.46. The molecule has 1 heterocycles. The van der Waals surface area contributed by atoms with Crippen LogP contribution in [0.4, 0.5) is 5.95 Å². The maximum atomic E-state index is 5.76. The van der Waals surface area contributed by atoms with E-state index in [1.165, 1.54) is 0 Å². The molecule has 0 spiro atoms. The molecule has 0 atom stereocenters. The van der Waals surface area contributed by atoms with Gasteiger partial charge in [0.1, 0.15) is 5.82 Å². The van der Waals surface area contributed by atoms with Crippen LogP contribution in [0.2, 0.25) is 5.28 Å². The van der Waals surface area contributed by atoms with E-state index in [2.05, 4.69) is 20.3 Å². The predicted octanol–water partition coefficient (Wildman–Crippen LogP) is 2.30. The van der Waals surface area contributed by atoms with Crippen LogP contribution in [0, 0.1) is 0 Å². The molecule has 0 aromatic carbocycles. The van der Waals surface area contributed by atoms with Crippen molar-refractivity contribution in [2.45, 2.75) is 39.7 Å². The van der Waals surface area contributed by atoms with Gasteiger partial charge in [0, 0.05) is 12.0 Å². The SMILES string of the molecule is CCc1nc(Cl)nc(NC(C)(C)C)n1. The molecule has 14 heavy (non-hydrogen) atoms. The molecule has 1 aromatic rings. The Morgan fingerprint density at radius 2 is 1.86 bits per heavy atom. The summed E-state index contributed by atoms with van der Waals surface area (Å²) >= 11 is 5.76. The van der Waals surface area contributed by atoms with Gasteiger partial charge in [-0.1, -0.05) is 6.92 Å². The lowest BCUT2D eigenvalue weighted by Gasteiger charge is -2.20. The summed E-state index contributed by atoms with van der Waals surface area (Å²) in [5.41, 5.74) is -0.0737. The van der Waals surface area contributed by atoms with Gasteiger partial charge in [-0.3, -0.25) is 0 Å². The number of hydrogen-bond donors (Lipinski definition) is 1. The zero-order valence-corrected chi connectivity index (χ0v) is 9.68. The second kappa shape index (κ2) is 4.09. The van der Waals surface area contributed by atoms with Crippen molar-refractivity contribution in [2.75, 3.05) is 5.32 Å². The lowest BCUT2D eigenvalue weighted by Crippen LogP contribution is -2.27. The van der Waals surface area contributed by atoms with E-state index in [1.54, 1.807) is 0 Å². The van der Waals surface area contributed by atoms with Crippen molar-refractivity contribution in [1.82, 2.24) is 15.0 Å². The van der Waals surface area contributed by atoms with Gasteiger partial charge in [-0.2, -0.15) is 9.97 Å². The third-order valence-corrected chi connectivity index (χ3v) is 1.63. The van der Waals surface area contributed by atoms with Gasteiger partial charge in [0.2, 0.25) is 11.2 Å². The highest BCUT2D eigenvalue weighted by Gasteiger charge is 2.12. The van der Waals surface area contributed by atoms with E-state index < -0.39 is 0 Å². The molecule has 4 nitrogen and oxygen atoms in total. The van der Waals surface area contributed by atoms with Gasteiger partial charge < -0.3 is 5.32 Å². The van der Waals surface area contributed by atoms with E-state index >= 15 is 0 Å². The van der Waals surface area contributed by atoms with Crippen LogP contribution in [0.15, 0.2) is 0 Å². The second-order valence-corrected chi connectivity index (χ2v) is 4.41. The van der Waals surface area contributed by atoms with Crippen molar-refractivity contribution >= 4 is 17.5 Å². The van der Waals surface area contributed by atoms with E-state index in [0.717, 1.165) is 6.42 Å².